The molecule has 1 aromatic carbocycles. The molecule has 3 heteroatoms. The summed E-state index contributed by atoms with van der Waals surface area (Å²) in [7, 11) is 0. The van der Waals surface area contributed by atoms with Crippen LogP contribution < -0.4 is 5.32 Å². The standard InChI is InChI=1S/C19H26N2O/c1-5-6-13-20-18(22)17-12-11-16(21-17)14-7-9-15(10-8-14)19(2,3)4/h7-12,21H,5-6,13H2,1-4H3,(H,20,22). The van der Waals surface area contributed by atoms with Crippen LogP contribution in [0.1, 0.15) is 56.6 Å². The largest absolute Gasteiger partial charge is 0.351 e. The predicted octanol–water partition coefficient (Wildman–Crippen LogP) is 4.51. The van der Waals surface area contributed by atoms with E-state index < -0.39 is 0 Å². The second-order valence-electron chi connectivity index (χ2n) is 6.72. The lowest BCUT2D eigenvalue weighted by molar-refractivity contribution is 0.0949. The third-order valence-electron chi connectivity index (χ3n) is 3.81. The Hall–Kier alpha value is -2.03. The smallest absolute Gasteiger partial charge is 0.267 e. The van der Waals surface area contributed by atoms with Gasteiger partial charge in [-0.2, -0.15) is 0 Å². The normalized spacial score (nSPS) is 11.5. The molecule has 1 amide bonds. The number of rotatable bonds is 5. The van der Waals surface area contributed by atoms with Gasteiger partial charge < -0.3 is 10.3 Å². The third kappa shape index (κ3) is 4.00. The van der Waals surface area contributed by atoms with E-state index in [1.54, 1.807) is 0 Å². The van der Waals surface area contributed by atoms with Crippen LogP contribution in [0, 0.1) is 0 Å². The monoisotopic (exact) mass is 298 g/mol. The van der Waals surface area contributed by atoms with Crippen molar-refractivity contribution in [3.63, 3.8) is 0 Å². The van der Waals surface area contributed by atoms with Gasteiger partial charge in [0.15, 0.2) is 0 Å². The van der Waals surface area contributed by atoms with Crippen LogP contribution in [0.3, 0.4) is 0 Å². The SMILES string of the molecule is CCCCNC(=O)c1ccc(-c2ccc(C(C)(C)C)cc2)[nH]1. The van der Waals surface area contributed by atoms with Gasteiger partial charge in [0.05, 0.1) is 0 Å². The Morgan fingerprint density at radius 2 is 1.77 bits per heavy atom. The molecule has 22 heavy (non-hydrogen) atoms. The van der Waals surface area contributed by atoms with Crippen LogP contribution in [0.5, 0.6) is 0 Å². The fraction of sp³-hybridized carbons (Fsp3) is 0.421. The summed E-state index contributed by atoms with van der Waals surface area (Å²) in [5.74, 6) is -0.0361. The molecule has 3 nitrogen and oxygen atoms in total. The molecule has 2 N–H and O–H groups in total. The predicted molar refractivity (Wildman–Crippen MR) is 92.2 cm³/mol. The second kappa shape index (κ2) is 6.82. The van der Waals surface area contributed by atoms with Gasteiger partial charge >= 0.3 is 0 Å². The lowest BCUT2D eigenvalue weighted by atomic mass is 9.86. The molecule has 1 aromatic heterocycles. The Balaban J connectivity index is 2.09. The van der Waals surface area contributed by atoms with E-state index in [-0.39, 0.29) is 11.3 Å². The van der Waals surface area contributed by atoms with E-state index in [9.17, 15) is 4.79 Å². The van der Waals surface area contributed by atoms with Crippen molar-refractivity contribution in [2.24, 2.45) is 0 Å². The fourth-order valence-electron chi connectivity index (χ4n) is 2.32. The number of benzene rings is 1. The minimum absolute atomic E-state index is 0.0361. The van der Waals surface area contributed by atoms with Crippen molar-refractivity contribution in [1.82, 2.24) is 10.3 Å². The summed E-state index contributed by atoms with van der Waals surface area (Å²) in [6.07, 6.45) is 2.09. The molecule has 0 saturated heterocycles. The zero-order valence-corrected chi connectivity index (χ0v) is 14.0. The maximum Gasteiger partial charge on any atom is 0.267 e. The van der Waals surface area contributed by atoms with Crippen molar-refractivity contribution in [2.45, 2.75) is 46.0 Å². The number of aromatic amines is 1. The number of carbonyl (C=O) groups excluding carboxylic acids is 1. The first-order chi connectivity index (χ1) is 10.4. The first-order valence-corrected chi connectivity index (χ1v) is 8.00. The highest BCUT2D eigenvalue weighted by Crippen LogP contribution is 2.25. The first kappa shape index (κ1) is 16.3. The highest BCUT2D eigenvalue weighted by Gasteiger charge is 2.14. The average molecular weight is 298 g/mol. The van der Waals surface area contributed by atoms with Crippen LogP contribution >= 0.6 is 0 Å². The van der Waals surface area contributed by atoms with E-state index in [2.05, 4.69) is 62.3 Å². The molecule has 2 aromatic rings. The number of aromatic nitrogens is 1. The van der Waals surface area contributed by atoms with Gasteiger partial charge in [-0.1, -0.05) is 58.4 Å². The Morgan fingerprint density at radius 1 is 1.09 bits per heavy atom. The number of hydrogen-bond donors (Lipinski definition) is 2. The van der Waals surface area contributed by atoms with Gasteiger partial charge in [-0.15, -0.1) is 0 Å². The number of H-pyrrole nitrogens is 1. The summed E-state index contributed by atoms with van der Waals surface area (Å²) >= 11 is 0. The van der Waals surface area contributed by atoms with Gasteiger partial charge in [-0.25, -0.2) is 0 Å². The molecular weight excluding hydrogens is 272 g/mol. The summed E-state index contributed by atoms with van der Waals surface area (Å²) < 4.78 is 0. The van der Waals surface area contributed by atoms with E-state index >= 15 is 0 Å². The lowest BCUT2D eigenvalue weighted by Crippen LogP contribution is -2.24. The minimum atomic E-state index is -0.0361. The number of amides is 1. The summed E-state index contributed by atoms with van der Waals surface area (Å²) in [6.45, 7) is 9.45. The molecule has 1 heterocycles. The molecule has 118 valence electrons. The summed E-state index contributed by atoms with van der Waals surface area (Å²) in [6, 6.07) is 12.3. The number of hydrogen-bond acceptors (Lipinski definition) is 1. The Kier molecular flexibility index (Phi) is 5.07. The summed E-state index contributed by atoms with van der Waals surface area (Å²) in [5.41, 5.74) is 4.14. The number of nitrogens with one attached hydrogen (secondary N) is 2. The molecule has 0 aliphatic carbocycles. The molecule has 2 rings (SSSR count). The van der Waals surface area contributed by atoms with Crippen molar-refractivity contribution in [2.75, 3.05) is 6.54 Å². The van der Waals surface area contributed by atoms with Crippen molar-refractivity contribution in [3.8, 4) is 11.3 Å². The quantitative estimate of drug-likeness (QED) is 0.784. The molecular formula is C19H26N2O. The van der Waals surface area contributed by atoms with Crippen molar-refractivity contribution in [3.05, 3.63) is 47.7 Å². The summed E-state index contributed by atoms with van der Waals surface area (Å²) in [5, 5.41) is 2.92. The molecule has 0 radical (unpaired) electrons. The Bertz CT molecular complexity index is 618. The Morgan fingerprint density at radius 3 is 2.36 bits per heavy atom. The van der Waals surface area contributed by atoms with Crippen molar-refractivity contribution in [1.29, 1.82) is 0 Å². The average Bonchev–Trinajstić information content (AvgIpc) is 2.96. The van der Waals surface area contributed by atoms with Crippen molar-refractivity contribution >= 4 is 5.91 Å². The van der Waals surface area contributed by atoms with Gasteiger partial charge in [-0.05, 0) is 35.1 Å². The van der Waals surface area contributed by atoms with Crippen LogP contribution in [0.4, 0.5) is 0 Å². The molecule has 0 spiro atoms. The van der Waals surface area contributed by atoms with Crippen molar-refractivity contribution < 1.29 is 4.79 Å². The first-order valence-electron chi connectivity index (χ1n) is 8.00. The molecule has 0 saturated carbocycles. The highest BCUT2D eigenvalue weighted by atomic mass is 16.1. The second-order valence-corrected chi connectivity index (χ2v) is 6.72. The molecule has 0 atom stereocenters. The Labute approximate surface area is 133 Å². The van der Waals surface area contributed by atoms with Gasteiger partial charge in [0.25, 0.3) is 5.91 Å². The van der Waals surface area contributed by atoms with Crippen LogP contribution in [-0.4, -0.2) is 17.4 Å². The van der Waals surface area contributed by atoms with Crippen LogP contribution in [-0.2, 0) is 5.41 Å². The van der Waals surface area contributed by atoms with Gasteiger partial charge in [0, 0.05) is 12.2 Å². The molecule has 0 unspecified atom stereocenters. The maximum absolute atomic E-state index is 12.0. The van der Waals surface area contributed by atoms with Gasteiger partial charge in [0.2, 0.25) is 0 Å². The van der Waals surface area contributed by atoms with Gasteiger partial charge in [0.1, 0.15) is 5.69 Å². The van der Waals surface area contributed by atoms with E-state index in [0.29, 0.717) is 5.69 Å². The molecule has 0 fully saturated rings. The summed E-state index contributed by atoms with van der Waals surface area (Å²) in [4.78, 5) is 15.2. The minimum Gasteiger partial charge on any atom is -0.351 e. The fourth-order valence-corrected chi connectivity index (χ4v) is 2.32. The number of carbonyl (C=O) groups is 1. The van der Waals surface area contributed by atoms with E-state index in [1.807, 2.05) is 12.1 Å². The number of unbranched alkanes of at least 4 members (excludes halogenated alkanes) is 1. The van der Waals surface area contributed by atoms with E-state index in [1.165, 1.54) is 5.56 Å². The van der Waals surface area contributed by atoms with E-state index in [0.717, 1.165) is 30.6 Å². The maximum atomic E-state index is 12.0. The van der Waals surface area contributed by atoms with E-state index in [4.69, 9.17) is 0 Å². The topological polar surface area (TPSA) is 44.9 Å². The molecule has 0 aliphatic heterocycles. The zero-order valence-electron chi connectivity index (χ0n) is 14.0. The highest BCUT2D eigenvalue weighted by molar-refractivity contribution is 5.93. The molecule has 0 bridgehead atoms. The third-order valence-corrected chi connectivity index (χ3v) is 3.81. The van der Waals surface area contributed by atoms with Crippen LogP contribution in [0.2, 0.25) is 0 Å². The van der Waals surface area contributed by atoms with Gasteiger partial charge in [-0.3, -0.25) is 4.79 Å². The van der Waals surface area contributed by atoms with Crippen LogP contribution in [0.25, 0.3) is 11.3 Å². The lowest BCUT2D eigenvalue weighted by Gasteiger charge is -2.19. The van der Waals surface area contributed by atoms with Crippen LogP contribution in [0.15, 0.2) is 36.4 Å². The zero-order chi connectivity index (χ0) is 16.2. The molecule has 0 aliphatic rings.